The second-order valence-corrected chi connectivity index (χ2v) is 5.30. The number of carboxylic acid groups (broad SMARTS) is 1. The maximum atomic E-state index is 10.8. The van der Waals surface area contributed by atoms with E-state index in [4.69, 9.17) is 4.74 Å². The van der Waals surface area contributed by atoms with Crippen LogP contribution in [0.3, 0.4) is 0 Å². The molecular weight excluding hydrogens is 266 g/mol. The van der Waals surface area contributed by atoms with Gasteiger partial charge >= 0.3 is 0 Å². The largest absolute Gasteiger partial charge is 0.545 e. The zero-order valence-electron chi connectivity index (χ0n) is 11.7. The van der Waals surface area contributed by atoms with Crippen LogP contribution in [0.25, 0.3) is 0 Å². The summed E-state index contributed by atoms with van der Waals surface area (Å²) in [6, 6.07) is 14.9. The van der Waals surface area contributed by atoms with Gasteiger partial charge in [0.25, 0.3) is 0 Å². The zero-order chi connectivity index (χ0) is 14.7. The fourth-order valence-corrected chi connectivity index (χ4v) is 2.66. The molecule has 0 amide bonds. The molecule has 1 aliphatic heterocycles. The lowest BCUT2D eigenvalue weighted by molar-refractivity contribution is -0.931. The maximum absolute atomic E-state index is 10.8. The van der Waals surface area contributed by atoms with E-state index in [0.717, 1.165) is 19.5 Å². The minimum atomic E-state index is -1.18. The molecule has 0 saturated carbocycles. The van der Waals surface area contributed by atoms with Gasteiger partial charge in [-0.1, -0.05) is 36.4 Å². The van der Waals surface area contributed by atoms with Crippen molar-refractivity contribution in [3.05, 3.63) is 65.2 Å². The van der Waals surface area contributed by atoms with Crippen LogP contribution < -0.4 is 14.7 Å². The predicted octanol–water partition coefficient (Wildman–Crippen LogP) is 0.0276. The molecule has 0 radical (unpaired) electrons. The molecule has 1 unspecified atom stereocenters. The van der Waals surface area contributed by atoms with Crippen molar-refractivity contribution in [2.24, 2.45) is 0 Å². The molecule has 21 heavy (non-hydrogen) atoms. The first-order chi connectivity index (χ1) is 10.2. The van der Waals surface area contributed by atoms with Crippen molar-refractivity contribution in [2.75, 3.05) is 13.3 Å². The topological polar surface area (TPSA) is 53.8 Å². The molecule has 4 nitrogen and oxygen atoms in total. The first-order valence-corrected chi connectivity index (χ1v) is 7.07. The van der Waals surface area contributed by atoms with Crippen LogP contribution in [-0.2, 0) is 13.0 Å². The number of hydrogen-bond acceptors (Lipinski definition) is 3. The highest BCUT2D eigenvalue weighted by atomic mass is 16.5. The van der Waals surface area contributed by atoms with E-state index in [0.29, 0.717) is 12.5 Å². The van der Waals surface area contributed by atoms with Crippen molar-refractivity contribution in [3.8, 4) is 5.75 Å². The van der Waals surface area contributed by atoms with Crippen LogP contribution in [0.2, 0.25) is 0 Å². The number of carbonyl (C=O) groups excluding carboxylic acids is 1. The summed E-state index contributed by atoms with van der Waals surface area (Å²) in [7, 11) is 0. The van der Waals surface area contributed by atoms with Crippen LogP contribution in [0.15, 0.2) is 48.5 Å². The Hall–Kier alpha value is -2.33. The molecule has 1 heterocycles. The Morgan fingerprint density at radius 2 is 1.95 bits per heavy atom. The number of aromatic carboxylic acids is 1. The van der Waals surface area contributed by atoms with Crippen LogP contribution in [0, 0.1) is 0 Å². The molecule has 0 fully saturated rings. The fraction of sp³-hybridized carbons (Fsp3) is 0.235. The molecule has 4 heteroatoms. The number of nitrogens with one attached hydrogen (secondary N) is 1. The standard InChI is InChI=1S/C17H17NO3/c19-17(20)14-6-3-7-16(10-14)21-12-18-9-8-13-4-1-2-5-15(13)11-18/h1-7,10H,8-9,11-12H2,(H,19,20). The van der Waals surface area contributed by atoms with Crippen LogP contribution in [-0.4, -0.2) is 19.2 Å². The summed E-state index contributed by atoms with van der Waals surface area (Å²) in [6.45, 7) is 2.50. The van der Waals surface area contributed by atoms with Crippen molar-refractivity contribution >= 4 is 5.97 Å². The number of rotatable bonds is 4. The SMILES string of the molecule is O=C([O-])c1cccc(OC[NH+]2CCc3ccccc3C2)c1. The van der Waals surface area contributed by atoms with Gasteiger partial charge in [-0.15, -0.1) is 0 Å². The Balaban J connectivity index is 1.61. The van der Waals surface area contributed by atoms with Gasteiger partial charge in [0.1, 0.15) is 12.3 Å². The van der Waals surface area contributed by atoms with E-state index in [-0.39, 0.29) is 5.56 Å². The molecule has 0 aliphatic carbocycles. The zero-order valence-corrected chi connectivity index (χ0v) is 11.7. The average Bonchev–Trinajstić information content (AvgIpc) is 2.53. The van der Waals surface area contributed by atoms with Gasteiger partial charge in [-0.2, -0.15) is 0 Å². The minimum Gasteiger partial charge on any atom is -0.545 e. The van der Waals surface area contributed by atoms with E-state index in [2.05, 4.69) is 24.3 Å². The summed E-state index contributed by atoms with van der Waals surface area (Å²) in [5.41, 5.74) is 2.93. The van der Waals surface area contributed by atoms with E-state index in [9.17, 15) is 9.90 Å². The molecule has 0 saturated heterocycles. The van der Waals surface area contributed by atoms with E-state index in [1.807, 2.05) is 0 Å². The number of carbonyl (C=O) groups is 1. The van der Waals surface area contributed by atoms with Gasteiger partial charge in [0.05, 0.1) is 12.5 Å². The quantitative estimate of drug-likeness (QED) is 0.861. The number of hydrogen-bond donors (Lipinski definition) is 1. The molecule has 2 aromatic carbocycles. The molecule has 2 aromatic rings. The van der Waals surface area contributed by atoms with Crippen molar-refractivity contribution in [1.29, 1.82) is 0 Å². The van der Waals surface area contributed by atoms with Crippen molar-refractivity contribution in [1.82, 2.24) is 0 Å². The monoisotopic (exact) mass is 283 g/mol. The van der Waals surface area contributed by atoms with Crippen LogP contribution in [0.5, 0.6) is 5.75 Å². The number of fused-ring (bicyclic) bond motifs is 1. The van der Waals surface area contributed by atoms with E-state index in [1.165, 1.54) is 28.2 Å². The molecular formula is C17H17NO3. The van der Waals surface area contributed by atoms with Crippen molar-refractivity contribution in [3.63, 3.8) is 0 Å². The third kappa shape index (κ3) is 3.23. The summed E-state index contributed by atoms with van der Waals surface area (Å²) in [6.07, 6.45) is 1.05. The van der Waals surface area contributed by atoms with Crippen LogP contribution in [0.4, 0.5) is 0 Å². The summed E-state index contributed by atoms with van der Waals surface area (Å²) >= 11 is 0. The fourth-order valence-electron chi connectivity index (χ4n) is 2.66. The predicted molar refractivity (Wildman–Crippen MR) is 75.9 cm³/mol. The molecule has 0 bridgehead atoms. The van der Waals surface area contributed by atoms with Gasteiger partial charge in [-0.3, -0.25) is 4.90 Å². The molecule has 3 rings (SSSR count). The molecule has 0 spiro atoms. The summed E-state index contributed by atoms with van der Waals surface area (Å²) < 4.78 is 5.72. The first kappa shape index (κ1) is 13.6. The first-order valence-electron chi connectivity index (χ1n) is 7.07. The lowest BCUT2D eigenvalue weighted by Crippen LogP contribution is -3.12. The smallest absolute Gasteiger partial charge is 0.222 e. The van der Waals surface area contributed by atoms with Gasteiger partial charge in [0, 0.05) is 17.5 Å². The summed E-state index contributed by atoms with van der Waals surface area (Å²) in [5, 5.41) is 10.8. The van der Waals surface area contributed by atoms with Gasteiger partial charge < -0.3 is 14.6 Å². The number of carboxylic acids is 1. The van der Waals surface area contributed by atoms with Crippen molar-refractivity contribution < 1.29 is 19.5 Å². The number of quaternary nitrogens is 1. The highest BCUT2D eigenvalue weighted by molar-refractivity contribution is 5.86. The summed E-state index contributed by atoms with van der Waals surface area (Å²) in [5.74, 6) is -0.609. The minimum absolute atomic E-state index is 0.145. The Bertz CT molecular complexity index is 654. The molecule has 108 valence electrons. The van der Waals surface area contributed by atoms with Crippen LogP contribution in [0.1, 0.15) is 21.5 Å². The normalized spacial score (nSPS) is 17.0. The van der Waals surface area contributed by atoms with E-state index in [1.54, 1.807) is 12.1 Å². The Morgan fingerprint density at radius 1 is 1.14 bits per heavy atom. The third-order valence-electron chi connectivity index (χ3n) is 3.82. The lowest BCUT2D eigenvalue weighted by Gasteiger charge is -2.25. The highest BCUT2D eigenvalue weighted by Gasteiger charge is 2.18. The number of ether oxygens (including phenoxy) is 1. The van der Waals surface area contributed by atoms with E-state index >= 15 is 0 Å². The second kappa shape index (κ2) is 5.97. The molecule has 1 N–H and O–H groups in total. The molecule has 1 aliphatic rings. The van der Waals surface area contributed by atoms with Gasteiger partial charge in [0.2, 0.25) is 6.73 Å². The Kier molecular flexibility index (Phi) is 3.88. The van der Waals surface area contributed by atoms with Gasteiger partial charge in [-0.25, -0.2) is 0 Å². The maximum Gasteiger partial charge on any atom is 0.222 e. The number of benzene rings is 2. The lowest BCUT2D eigenvalue weighted by atomic mass is 10.0. The Labute approximate surface area is 123 Å². The van der Waals surface area contributed by atoms with Gasteiger partial charge in [0.15, 0.2) is 0 Å². The van der Waals surface area contributed by atoms with Crippen molar-refractivity contribution in [2.45, 2.75) is 13.0 Å². The van der Waals surface area contributed by atoms with Gasteiger partial charge in [-0.05, 0) is 17.7 Å². The van der Waals surface area contributed by atoms with E-state index < -0.39 is 5.97 Å². The summed E-state index contributed by atoms with van der Waals surface area (Å²) in [4.78, 5) is 12.2. The third-order valence-corrected chi connectivity index (χ3v) is 3.82. The molecule has 0 aromatic heterocycles. The average molecular weight is 283 g/mol. The Morgan fingerprint density at radius 3 is 2.76 bits per heavy atom. The highest BCUT2D eigenvalue weighted by Crippen LogP contribution is 2.13. The second-order valence-electron chi connectivity index (χ2n) is 5.30. The van der Waals surface area contributed by atoms with Crippen LogP contribution >= 0.6 is 0 Å². The molecule has 1 atom stereocenters.